The fraction of sp³-hybridized carbons (Fsp3) is 0.0588. The van der Waals surface area contributed by atoms with Gasteiger partial charge in [-0.25, -0.2) is 0 Å². The maximum Gasteiger partial charge on any atom is 0.0434 e. The van der Waals surface area contributed by atoms with E-state index in [0.717, 1.165) is 0 Å². The van der Waals surface area contributed by atoms with Gasteiger partial charge in [-0.3, -0.25) is 0 Å². The molecule has 0 saturated heterocycles. The highest BCUT2D eigenvalue weighted by Crippen LogP contribution is 2.53. The molecule has 0 N–H and O–H groups in total. The van der Waals surface area contributed by atoms with E-state index in [-0.39, 0.29) is 5.41 Å². The molecule has 9 aromatic carbocycles. The molecule has 244 valence electrons. The minimum absolute atomic E-state index is 0.165. The van der Waals surface area contributed by atoms with Gasteiger partial charge in [-0.05, 0) is 107 Å². The van der Waals surface area contributed by atoms with Crippen LogP contribution in [-0.4, -0.2) is 0 Å². The second-order valence-corrected chi connectivity index (χ2v) is 15.8. The van der Waals surface area contributed by atoms with E-state index in [4.69, 9.17) is 0 Å². The number of rotatable bonds is 3. The molecule has 0 saturated carbocycles. The molecule has 10 aromatic rings. The molecule has 1 heterocycles. The van der Waals surface area contributed by atoms with E-state index >= 15 is 0 Å². The Labute approximate surface area is 307 Å². The predicted octanol–water partition coefficient (Wildman–Crippen LogP) is 14.8. The summed E-state index contributed by atoms with van der Waals surface area (Å²) in [5.74, 6) is 0. The zero-order chi connectivity index (χ0) is 34.6. The molecule has 11 rings (SSSR count). The molecule has 0 aliphatic heterocycles. The maximum absolute atomic E-state index is 2.49. The second-order valence-electron chi connectivity index (χ2n) is 14.8. The van der Waals surface area contributed by atoms with Gasteiger partial charge in [-0.1, -0.05) is 159 Å². The van der Waals surface area contributed by atoms with Crippen LogP contribution in [0.1, 0.15) is 25.0 Å². The van der Waals surface area contributed by atoms with Crippen molar-refractivity contribution in [2.45, 2.75) is 19.3 Å². The van der Waals surface area contributed by atoms with E-state index in [1.807, 2.05) is 11.3 Å². The summed E-state index contributed by atoms with van der Waals surface area (Å²) in [5, 5.41) is 10.5. The minimum atomic E-state index is -0.165. The fourth-order valence-corrected chi connectivity index (χ4v) is 10.4. The third-order valence-electron chi connectivity index (χ3n) is 11.7. The van der Waals surface area contributed by atoms with Gasteiger partial charge in [0.05, 0.1) is 0 Å². The average Bonchev–Trinajstić information content (AvgIpc) is 3.68. The van der Waals surface area contributed by atoms with Crippen LogP contribution in [0, 0.1) is 0 Å². The summed E-state index contributed by atoms with van der Waals surface area (Å²) in [7, 11) is 0. The number of hydrogen-bond acceptors (Lipinski definition) is 1. The van der Waals surface area contributed by atoms with Crippen molar-refractivity contribution < 1.29 is 0 Å². The van der Waals surface area contributed by atoms with Gasteiger partial charge in [0.2, 0.25) is 0 Å². The molecule has 0 bridgehead atoms. The fourth-order valence-electron chi connectivity index (χ4n) is 9.20. The van der Waals surface area contributed by atoms with Crippen LogP contribution in [0.15, 0.2) is 170 Å². The molecular weight excluding hydrogens is 645 g/mol. The lowest BCUT2D eigenvalue weighted by atomic mass is 9.79. The van der Waals surface area contributed by atoms with Crippen LogP contribution in [-0.2, 0) is 5.41 Å². The van der Waals surface area contributed by atoms with Crippen LogP contribution >= 0.6 is 11.3 Å². The van der Waals surface area contributed by atoms with Gasteiger partial charge in [0.15, 0.2) is 0 Å². The van der Waals surface area contributed by atoms with Gasteiger partial charge in [-0.15, -0.1) is 11.3 Å². The SMILES string of the molecule is CC1(C)c2cc(-c3c4ccccc4c(-c4ccccc4)c4ccccc34)ccc2-c2ccc(-c3cc4c5ccccc5sc4c4ccccc34)cc21. The third-order valence-corrected chi connectivity index (χ3v) is 12.9. The monoisotopic (exact) mass is 678 g/mol. The Balaban J connectivity index is 1.10. The first-order valence-electron chi connectivity index (χ1n) is 18.2. The second kappa shape index (κ2) is 11.0. The summed E-state index contributed by atoms with van der Waals surface area (Å²) in [5.41, 5.74) is 13.0. The van der Waals surface area contributed by atoms with E-state index in [0.29, 0.717) is 0 Å². The molecule has 1 heteroatoms. The standard InChI is InChI=1S/C51H34S/c1-51(2)45-28-32(43-30-44-37-17-12-13-23-47(37)52-50(44)42-22-11-6-16-34(42)43)24-26-35(45)36-27-25-33(29-46(36)51)49-40-20-9-7-18-38(40)48(31-14-4-3-5-15-31)39-19-8-10-21-41(39)49/h3-30H,1-2H3. The van der Waals surface area contributed by atoms with Crippen LogP contribution < -0.4 is 0 Å². The Morgan fingerprint density at radius 2 is 0.827 bits per heavy atom. The first-order chi connectivity index (χ1) is 25.6. The number of benzene rings is 9. The van der Waals surface area contributed by atoms with Crippen molar-refractivity contribution in [3.05, 3.63) is 181 Å². The molecule has 0 radical (unpaired) electrons. The van der Waals surface area contributed by atoms with Gasteiger partial charge < -0.3 is 0 Å². The number of thiophene rings is 1. The molecule has 1 aliphatic carbocycles. The smallest absolute Gasteiger partial charge is 0.0434 e. The third kappa shape index (κ3) is 4.15. The Morgan fingerprint density at radius 1 is 0.346 bits per heavy atom. The van der Waals surface area contributed by atoms with Crippen LogP contribution in [0.3, 0.4) is 0 Å². The zero-order valence-electron chi connectivity index (χ0n) is 29.1. The predicted molar refractivity (Wildman–Crippen MR) is 226 cm³/mol. The van der Waals surface area contributed by atoms with E-state index in [9.17, 15) is 0 Å². The lowest BCUT2D eigenvalue weighted by molar-refractivity contribution is 0.661. The Hall–Kier alpha value is -6.02. The van der Waals surface area contributed by atoms with Crippen molar-refractivity contribution >= 4 is 63.8 Å². The average molecular weight is 679 g/mol. The largest absolute Gasteiger partial charge is 0.135 e. The summed E-state index contributed by atoms with van der Waals surface area (Å²) in [6.07, 6.45) is 0. The Kier molecular flexibility index (Phi) is 6.27. The van der Waals surface area contributed by atoms with Gasteiger partial charge >= 0.3 is 0 Å². The molecule has 0 unspecified atom stereocenters. The van der Waals surface area contributed by atoms with E-state index < -0.39 is 0 Å². The van der Waals surface area contributed by atoms with Gasteiger partial charge in [-0.2, -0.15) is 0 Å². The van der Waals surface area contributed by atoms with Gasteiger partial charge in [0.1, 0.15) is 0 Å². The van der Waals surface area contributed by atoms with Crippen molar-refractivity contribution in [3.63, 3.8) is 0 Å². The molecule has 0 nitrogen and oxygen atoms in total. The molecule has 0 amide bonds. The van der Waals surface area contributed by atoms with Crippen molar-refractivity contribution in [2.24, 2.45) is 0 Å². The number of fused-ring (bicyclic) bond motifs is 10. The van der Waals surface area contributed by atoms with Crippen LogP contribution in [0.4, 0.5) is 0 Å². The van der Waals surface area contributed by atoms with Crippen molar-refractivity contribution in [1.82, 2.24) is 0 Å². The summed E-state index contributed by atoms with van der Waals surface area (Å²) < 4.78 is 2.72. The first kappa shape index (κ1) is 29.7. The molecule has 0 spiro atoms. The topological polar surface area (TPSA) is 0 Å². The van der Waals surface area contributed by atoms with E-state index in [2.05, 4.69) is 184 Å². The summed E-state index contributed by atoms with van der Waals surface area (Å²) in [4.78, 5) is 0. The highest BCUT2D eigenvalue weighted by atomic mass is 32.1. The quantitative estimate of drug-likeness (QED) is 0.163. The van der Waals surface area contributed by atoms with Gasteiger partial charge in [0, 0.05) is 31.0 Å². The Morgan fingerprint density at radius 3 is 1.46 bits per heavy atom. The van der Waals surface area contributed by atoms with Crippen LogP contribution in [0.2, 0.25) is 0 Å². The molecule has 1 aliphatic rings. The molecule has 0 atom stereocenters. The Bertz CT molecular complexity index is 3030. The lowest BCUT2D eigenvalue weighted by Crippen LogP contribution is -2.15. The molecular formula is C51H34S. The molecule has 52 heavy (non-hydrogen) atoms. The summed E-state index contributed by atoms with van der Waals surface area (Å²) in [6, 6.07) is 63.5. The lowest BCUT2D eigenvalue weighted by Gasteiger charge is -2.23. The van der Waals surface area contributed by atoms with Crippen LogP contribution in [0.5, 0.6) is 0 Å². The van der Waals surface area contributed by atoms with Gasteiger partial charge in [0.25, 0.3) is 0 Å². The van der Waals surface area contributed by atoms with Crippen molar-refractivity contribution in [3.8, 4) is 44.5 Å². The zero-order valence-corrected chi connectivity index (χ0v) is 29.9. The highest BCUT2D eigenvalue weighted by molar-refractivity contribution is 7.26. The van der Waals surface area contributed by atoms with Crippen LogP contribution in [0.25, 0.3) is 97.0 Å². The van der Waals surface area contributed by atoms with E-state index in [1.165, 1.54) is 108 Å². The maximum atomic E-state index is 2.49. The normalized spacial score (nSPS) is 13.3. The number of hydrogen-bond donors (Lipinski definition) is 0. The summed E-state index contributed by atoms with van der Waals surface area (Å²) >= 11 is 1.91. The summed E-state index contributed by atoms with van der Waals surface area (Å²) in [6.45, 7) is 4.82. The van der Waals surface area contributed by atoms with E-state index in [1.54, 1.807) is 0 Å². The van der Waals surface area contributed by atoms with Crippen molar-refractivity contribution in [2.75, 3.05) is 0 Å². The van der Waals surface area contributed by atoms with Crippen molar-refractivity contribution in [1.29, 1.82) is 0 Å². The molecule has 0 fully saturated rings. The molecule has 1 aromatic heterocycles. The minimum Gasteiger partial charge on any atom is -0.135 e. The first-order valence-corrected chi connectivity index (χ1v) is 19.0. The highest BCUT2D eigenvalue weighted by Gasteiger charge is 2.36.